The molecule has 3 rings (SSSR count). The molecule has 3 atom stereocenters. The van der Waals surface area contributed by atoms with Crippen LogP contribution in [0, 0.1) is 5.92 Å². The Labute approximate surface area is 204 Å². The molecule has 0 spiro atoms. The van der Waals surface area contributed by atoms with E-state index in [9.17, 15) is 19.8 Å². The van der Waals surface area contributed by atoms with E-state index in [1.165, 1.54) is 4.88 Å². The molecule has 0 saturated carbocycles. The van der Waals surface area contributed by atoms with Gasteiger partial charge in [-0.15, -0.1) is 11.3 Å². The van der Waals surface area contributed by atoms with E-state index in [0.717, 1.165) is 42.5 Å². The van der Waals surface area contributed by atoms with Crippen LogP contribution in [0.2, 0.25) is 0 Å². The van der Waals surface area contributed by atoms with Crippen molar-refractivity contribution in [2.45, 2.75) is 78.0 Å². The fourth-order valence-electron chi connectivity index (χ4n) is 4.34. The average molecular weight is 486 g/mol. The first kappa shape index (κ1) is 25.9. The maximum Gasteiger partial charge on any atom is 0.334 e. The summed E-state index contributed by atoms with van der Waals surface area (Å²) < 4.78 is 2.29. The van der Waals surface area contributed by atoms with Gasteiger partial charge in [0.2, 0.25) is 0 Å². The van der Waals surface area contributed by atoms with E-state index in [2.05, 4.69) is 35.2 Å². The number of benzene rings is 1. The zero-order valence-corrected chi connectivity index (χ0v) is 21.1. The molecule has 1 amide bonds. The number of amides is 1. The average Bonchev–Trinajstić information content (AvgIpc) is 3.46. The second-order valence-electron chi connectivity index (χ2n) is 8.94. The van der Waals surface area contributed by atoms with Crippen LogP contribution in [-0.4, -0.2) is 43.8 Å². The summed E-state index contributed by atoms with van der Waals surface area (Å²) in [6.45, 7) is 8.30. The van der Waals surface area contributed by atoms with E-state index in [1.54, 1.807) is 23.5 Å². The van der Waals surface area contributed by atoms with Crippen LogP contribution in [0.1, 0.15) is 80.5 Å². The molecule has 0 aliphatic carbocycles. The van der Waals surface area contributed by atoms with Crippen LogP contribution in [0.25, 0.3) is 11.0 Å². The molecule has 34 heavy (non-hydrogen) atoms. The molecule has 0 aliphatic rings. The molecular formula is C26H35N3O4S. The third kappa shape index (κ3) is 5.85. The van der Waals surface area contributed by atoms with Crippen LogP contribution in [0.3, 0.4) is 0 Å². The number of carbonyl (C=O) groups is 2. The lowest BCUT2D eigenvalue weighted by molar-refractivity contribution is -0.148. The molecule has 1 aromatic carbocycles. The summed E-state index contributed by atoms with van der Waals surface area (Å²) in [7, 11) is 0. The first-order valence-electron chi connectivity index (χ1n) is 12.0. The largest absolute Gasteiger partial charge is 0.479 e. The molecule has 0 saturated heterocycles. The standard InChI is InChI=1S/C26H35N3O4S/c1-5-16(4)13-21(24(30)26(32)33)28-25(31)17-10-11-22-20(14-17)27-23(15-19-9-8-12-34-19)29(22)18(6-2)7-3/h8-12,14,16,18,21,24,30H,5-7,13,15H2,1-4H3,(H,28,31)(H,32,33)/t16?,21-,24-/m0/s1. The van der Waals surface area contributed by atoms with Gasteiger partial charge in [-0.2, -0.15) is 0 Å². The molecule has 1 unspecified atom stereocenters. The Morgan fingerprint density at radius 1 is 1.15 bits per heavy atom. The van der Waals surface area contributed by atoms with Crippen molar-refractivity contribution < 1.29 is 19.8 Å². The third-order valence-electron chi connectivity index (χ3n) is 6.55. The minimum atomic E-state index is -1.66. The number of rotatable bonds is 12. The highest BCUT2D eigenvalue weighted by Gasteiger charge is 2.29. The van der Waals surface area contributed by atoms with E-state index < -0.39 is 24.0 Å². The number of imidazole rings is 1. The second-order valence-corrected chi connectivity index (χ2v) is 9.97. The van der Waals surface area contributed by atoms with Crippen molar-refractivity contribution in [2.24, 2.45) is 5.92 Å². The SMILES string of the molecule is CCC(C)C[C@H](NC(=O)c1ccc2c(c1)nc(Cc1cccs1)n2C(CC)CC)[C@H](O)C(=O)O. The van der Waals surface area contributed by atoms with Gasteiger partial charge in [0.1, 0.15) is 5.82 Å². The van der Waals surface area contributed by atoms with Crippen molar-refractivity contribution >= 4 is 34.2 Å². The van der Waals surface area contributed by atoms with Crippen LogP contribution >= 0.6 is 11.3 Å². The normalized spacial score (nSPS) is 14.3. The fraction of sp³-hybridized carbons (Fsp3) is 0.500. The first-order chi connectivity index (χ1) is 16.3. The van der Waals surface area contributed by atoms with E-state index in [4.69, 9.17) is 4.98 Å². The molecule has 0 bridgehead atoms. The maximum absolute atomic E-state index is 13.0. The number of fused-ring (bicyclic) bond motifs is 1. The highest BCUT2D eigenvalue weighted by Crippen LogP contribution is 2.28. The van der Waals surface area contributed by atoms with Gasteiger partial charge in [0.25, 0.3) is 5.91 Å². The van der Waals surface area contributed by atoms with Crippen LogP contribution < -0.4 is 5.32 Å². The van der Waals surface area contributed by atoms with Crippen molar-refractivity contribution in [2.75, 3.05) is 0 Å². The Morgan fingerprint density at radius 2 is 1.88 bits per heavy atom. The fourth-order valence-corrected chi connectivity index (χ4v) is 5.04. The molecule has 184 valence electrons. The zero-order valence-electron chi connectivity index (χ0n) is 20.3. The number of aromatic nitrogens is 2. The summed E-state index contributed by atoms with van der Waals surface area (Å²) in [4.78, 5) is 30.6. The van der Waals surface area contributed by atoms with Gasteiger partial charge in [0, 0.05) is 22.9 Å². The summed E-state index contributed by atoms with van der Waals surface area (Å²) in [5, 5.41) is 24.2. The van der Waals surface area contributed by atoms with Gasteiger partial charge in [-0.3, -0.25) is 4.79 Å². The summed E-state index contributed by atoms with van der Waals surface area (Å²) >= 11 is 1.70. The monoisotopic (exact) mass is 485 g/mol. The second kappa shape index (κ2) is 11.6. The van der Waals surface area contributed by atoms with Crippen molar-refractivity contribution in [3.8, 4) is 0 Å². The Morgan fingerprint density at radius 3 is 2.47 bits per heavy atom. The number of nitrogens with one attached hydrogen (secondary N) is 1. The number of aliphatic carboxylic acids is 1. The summed E-state index contributed by atoms with van der Waals surface area (Å²) in [5.41, 5.74) is 2.12. The van der Waals surface area contributed by atoms with Gasteiger partial charge in [0.05, 0.1) is 17.1 Å². The number of carboxylic acid groups (broad SMARTS) is 1. The van der Waals surface area contributed by atoms with Gasteiger partial charge < -0.3 is 20.1 Å². The molecule has 7 nitrogen and oxygen atoms in total. The number of carboxylic acids is 1. The summed E-state index contributed by atoms with van der Waals surface area (Å²) in [6, 6.07) is 9.01. The Kier molecular flexibility index (Phi) is 8.85. The molecule has 0 fully saturated rings. The van der Waals surface area contributed by atoms with Crippen molar-refractivity contribution in [3.05, 3.63) is 52.0 Å². The molecule has 0 aliphatic heterocycles. The van der Waals surface area contributed by atoms with Crippen molar-refractivity contribution in [3.63, 3.8) is 0 Å². The van der Waals surface area contributed by atoms with E-state index in [-0.39, 0.29) is 5.92 Å². The number of thiophene rings is 1. The predicted molar refractivity (Wildman–Crippen MR) is 135 cm³/mol. The van der Waals surface area contributed by atoms with Crippen LogP contribution in [-0.2, 0) is 11.2 Å². The van der Waals surface area contributed by atoms with Gasteiger partial charge >= 0.3 is 5.97 Å². The Bertz CT molecular complexity index is 1100. The van der Waals surface area contributed by atoms with Gasteiger partial charge in [-0.05, 0) is 54.8 Å². The van der Waals surface area contributed by atoms with E-state index in [0.29, 0.717) is 18.0 Å². The highest BCUT2D eigenvalue weighted by atomic mass is 32.1. The minimum Gasteiger partial charge on any atom is -0.479 e. The number of hydrogen-bond donors (Lipinski definition) is 3. The lowest BCUT2D eigenvalue weighted by atomic mass is 9.95. The van der Waals surface area contributed by atoms with Crippen molar-refractivity contribution in [1.29, 1.82) is 0 Å². The molecule has 2 aromatic heterocycles. The molecule has 0 radical (unpaired) electrons. The predicted octanol–water partition coefficient (Wildman–Crippen LogP) is 5.03. The lowest BCUT2D eigenvalue weighted by Crippen LogP contribution is -2.47. The summed E-state index contributed by atoms with van der Waals surface area (Å²) in [5.74, 6) is -0.615. The van der Waals surface area contributed by atoms with Crippen LogP contribution in [0.4, 0.5) is 0 Å². The number of aliphatic hydroxyl groups excluding tert-OH is 1. The number of aliphatic hydroxyl groups is 1. The molecule has 3 aromatic rings. The van der Waals surface area contributed by atoms with Crippen LogP contribution in [0.5, 0.6) is 0 Å². The zero-order chi connectivity index (χ0) is 24.8. The molecule has 3 N–H and O–H groups in total. The number of nitrogens with zero attached hydrogens (tertiary/aromatic N) is 2. The lowest BCUT2D eigenvalue weighted by Gasteiger charge is -2.24. The first-order valence-corrected chi connectivity index (χ1v) is 12.9. The molecule has 8 heteroatoms. The quantitative estimate of drug-likeness (QED) is 0.334. The van der Waals surface area contributed by atoms with Crippen LogP contribution in [0.15, 0.2) is 35.7 Å². The van der Waals surface area contributed by atoms with Gasteiger partial charge in [-0.1, -0.05) is 40.2 Å². The smallest absolute Gasteiger partial charge is 0.334 e. The van der Waals surface area contributed by atoms with E-state index >= 15 is 0 Å². The number of hydrogen-bond acceptors (Lipinski definition) is 5. The highest BCUT2D eigenvalue weighted by molar-refractivity contribution is 7.09. The maximum atomic E-state index is 13.0. The topological polar surface area (TPSA) is 104 Å². The molecule has 2 heterocycles. The van der Waals surface area contributed by atoms with Gasteiger partial charge in [-0.25, -0.2) is 9.78 Å². The Balaban J connectivity index is 1.94. The Hall–Kier alpha value is -2.71. The molecular weight excluding hydrogens is 450 g/mol. The summed E-state index contributed by atoms with van der Waals surface area (Å²) in [6.07, 6.45) is 2.23. The minimum absolute atomic E-state index is 0.164. The number of carbonyl (C=O) groups excluding carboxylic acids is 1. The van der Waals surface area contributed by atoms with Crippen molar-refractivity contribution in [1.82, 2.24) is 14.9 Å². The van der Waals surface area contributed by atoms with E-state index in [1.807, 2.05) is 26.0 Å². The van der Waals surface area contributed by atoms with Gasteiger partial charge in [0.15, 0.2) is 6.10 Å². The third-order valence-corrected chi connectivity index (χ3v) is 7.43.